The molecule has 8 heteroatoms. The second kappa shape index (κ2) is 5.41. The van der Waals surface area contributed by atoms with Crippen LogP contribution in [0.25, 0.3) is 5.69 Å². The third-order valence-electron chi connectivity index (χ3n) is 2.62. The largest absolute Gasteiger partial charge is 0.345 e. The van der Waals surface area contributed by atoms with E-state index in [1.54, 1.807) is 20.3 Å². The predicted octanol–water partition coefficient (Wildman–Crippen LogP) is 2.24. The first kappa shape index (κ1) is 14.2. The van der Waals surface area contributed by atoms with Crippen molar-refractivity contribution in [3.05, 3.63) is 50.7 Å². The number of amides is 1. The molecule has 0 N–H and O–H groups in total. The molecular formula is C12H11BrN4O3. The van der Waals surface area contributed by atoms with E-state index in [1.807, 2.05) is 0 Å². The molecule has 1 amide bonds. The van der Waals surface area contributed by atoms with Crippen LogP contribution in [0.1, 0.15) is 10.4 Å². The van der Waals surface area contributed by atoms with Crippen LogP contribution in [0, 0.1) is 10.1 Å². The highest BCUT2D eigenvalue weighted by Crippen LogP contribution is 2.25. The summed E-state index contributed by atoms with van der Waals surface area (Å²) in [5.41, 5.74) is 0.492. The molecule has 1 heterocycles. The summed E-state index contributed by atoms with van der Waals surface area (Å²) in [5, 5.41) is 15.1. The van der Waals surface area contributed by atoms with Crippen LogP contribution in [-0.2, 0) is 0 Å². The lowest BCUT2D eigenvalue weighted by molar-refractivity contribution is -0.384. The quantitative estimate of drug-likeness (QED) is 0.634. The number of nitro groups is 1. The van der Waals surface area contributed by atoms with Crippen molar-refractivity contribution in [2.75, 3.05) is 14.1 Å². The summed E-state index contributed by atoms with van der Waals surface area (Å²) in [5.74, 6) is -0.229. The zero-order chi connectivity index (χ0) is 14.9. The van der Waals surface area contributed by atoms with Gasteiger partial charge in [-0.05, 0) is 28.1 Å². The molecule has 20 heavy (non-hydrogen) atoms. The number of nitro benzene ring substituents is 1. The standard InChI is InChI=1S/C12H11BrN4O3/c1-15(2)12(18)8-3-4-10(17(19)20)11(5-8)16-7-9(13)6-14-16/h3-7H,1-2H3. The number of nitrogens with zero attached hydrogens (tertiary/aromatic N) is 4. The van der Waals surface area contributed by atoms with Crippen molar-refractivity contribution < 1.29 is 9.72 Å². The third-order valence-corrected chi connectivity index (χ3v) is 3.03. The van der Waals surface area contributed by atoms with Gasteiger partial charge < -0.3 is 4.90 Å². The van der Waals surface area contributed by atoms with Gasteiger partial charge in [0.15, 0.2) is 0 Å². The molecule has 0 bridgehead atoms. The van der Waals surface area contributed by atoms with Crippen molar-refractivity contribution in [2.24, 2.45) is 0 Å². The van der Waals surface area contributed by atoms with E-state index in [0.29, 0.717) is 10.0 Å². The SMILES string of the molecule is CN(C)C(=O)c1ccc([N+](=O)[O-])c(-n2cc(Br)cn2)c1. The Morgan fingerprint density at radius 3 is 2.65 bits per heavy atom. The van der Waals surface area contributed by atoms with E-state index in [4.69, 9.17) is 0 Å². The van der Waals surface area contributed by atoms with Crippen LogP contribution in [0.3, 0.4) is 0 Å². The van der Waals surface area contributed by atoms with E-state index >= 15 is 0 Å². The molecule has 0 radical (unpaired) electrons. The normalized spacial score (nSPS) is 10.3. The summed E-state index contributed by atoms with van der Waals surface area (Å²) in [6.45, 7) is 0. The number of halogens is 1. The van der Waals surface area contributed by atoms with E-state index in [9.17, 15) is 14.9 Å². The summed E-state index contributed by atoms with van der Waals surface area (Å²) in [6, 6.07) is 4.20. The Morgan fingerprint density at radius 1 is 1.45 bits per heavy atom. The molecule has 2 aromatic rings. The number of carbonyl (C=O) groups is 1. The van der Waals surface area contributed by atoms with Gasteiger partial charge in [0.25, 0.3) is 11.6 Å². The van der Waals surface area contributed by atoms with E-state index in [2.05, 4.69) is 21.0 Å². The van der Waals surface area contributed by atoms with Gasteiger partial charge in [0.2, 0.25) is 0 Å². The molecular weight excluding hydrogens is 328 g/mol. The summed E-state index contributed by atoms with van der Waals surface area (Å²) in [7, 11) is 3.24. The fraction of sp³-hybridized carbons (Fsp3) is 0.167. The van der Waals surface area contributed by atoms with Gasteiger partial charge in [0, 0.05) is 31.9 Å². The molecule has 0 aliphatic rings. The molecule has 7 nitrogen and oxygen atoms in total. The van der Waals surface area contributed by atoms with E-state index < -0.39 is 4.92 Å². The van der Waals surface area contributed by atoms with Crippen molar-refractivity contribution in [1.29, 1.82) is 0 Å². The van der Waals surface area contributed by atoms with Crippen molar-refractivity contribution in [3.63, 3.8) is 0 Å². The highest BCUT2D eigenvalue weighted by molar-refractivity contribution is 9.10. The summed E-state index contributed by atoms with van der Waals surface area (Å²) in [6.07, 6.45) is 3.11. The maximum Gasteiger partial charge on any atom is 0.294 e. The topological polar surface area (TPSA) is 81.3 Å². The van der Waals surface area contributed by atoms with Gasteiger partial charge in [-0.3, -0.25) is 14.9 Å². The molecule has 0 fully saturated rings. The van der Waals surface area contributed by atoms with Gasteiger partial charge >= 0.3 is 0 Å². The fourth-order valence-electron chi connectivity index (χ4n) is 1.69. The van der Waals surface area contributed by atoms with Gasteiger partial charge in [0.05, 0.1) is 15.6 Å². The first-order chi connectivity index (χ1) is 9.40. The summed E-state index contributed by atoms with van der Waals surface area (Å²) < 4.78 is 2.05. The average Bonchev–Trinajstić information content (AvgIpc) is 2.83. The smallest absolute Gasteiger partial charge is 0.294 e. The molecule has 1 aromatic carbocycles. The Morgan fingerprint density at radius 2 is 2.15 bits per heavy atom. The highest BCUT2D eigenvalue weighted by atomic mass is 79.9. The second-order valence-electron chi connectivity index (χ2n) is 4.26. The lowest BCUT2D eigenvalue weighted by atomic mass is 10.1. The number of rotatable bonds is 3. The number of benzene rings is 1. The van der Waals surface area contributed by atoms with Gasteiger partial charge in [-0.2, -0.15) is 5.10 Å². The second-order valence-corrected chi connectivity index (χ2v) is 5.18. The van der Waals surface area contributed by atoms with Crippen LogP contribution >= 0.6 is 15.9 Å². The number of hydrogen-bond donors (Lipinski definition) is 0. The molecule has 104 valence electrons. The Hall–Kier alpha value is -2.22. The summed E-state index contributed by atoms with van der Waals surface area (Å²) in [4.78, 5) is 23.9. The Kier molecular flexibility index (Phi) is 3.84. The van der Waals surface area contributed by atoms with E-state index in [1.165, 1.54) is 34.0 Å². The Bertz CT molecular complexity index is 681. The third kappa shape index (κ3) is 2.69. The minimum Gasteiger partial charge on any atom is -0.345 e. The monoisotopic (exact) mass is 338 g/mol. The average molecular weight is 339 g/mol. The maximum atomic E-state index is 11.9. The van der Waals surface area contributed by atoms with Crippen LogP contribution in [-0.4, -0.2) is 39.6 Å². The molecule has 0 aliphatic carbocycles. The number of hydrogen-bond acceptors (Lipinski definition) is 4. The maximum absolute atomic E-state index is 11.9. The van der Waals surface area contributed by atoms with Crippen molar-refractivity contribution >= 4 is 27.5 Å². The Balaban J connectivity index is 2.59. The van der Waals surface area contributed by atoms with E-state index in [-0.39, 0.29) is 17.3 Å². The zero-order valence-electron chi connectivity index (χ0n) is 10.8. The molecule has 0 aliphatic heterocycles. The fourth-order valence-corrected chi connectivity index (χ4v) is 1.97. The lowest BCUT2D eigenvalue weighted by Crippen LogP contribution is -2.22. The zero-order valence-corrected chi connectivity index (χ0v) is 12.4. The van der Waals surface area contributed by atoms with Crippen molar-refractivity contribution in [1.82, 2.24) is 14.7 Å². The molecule has 1 aromatic heterocycles. The molecule has 0 spiro atoms. The highest BCUT2D eigenvalue weighted by Gasteiger charge is 2.19. The van der Waals surface area contributed by atoms with Crippen LogP contribution in [0.15, 0.2) is 35.1 Å². The molecule has 0 atom stereocenters. The number of carbonyl (C=O) groups excluding carboxylic acids is 1. The minimum atomic E-state index is -0.505. The summed E-state index contributed by atoms with van der Waals surface area (Å²) >= 11 is 3.23. The van der Waals surface area contributed by atoms with Crippen molar-refractivity contribution in [3.8, 4) is 5.69 Å². The van der Waals surface area contributed by atoms with Gasteiger partial charge in [-0.15, -0.1) is 0 Å². The molecule has 0 saturated heterocycles. The molecule has 0 saturated carbocycles. The van der Waals surface area contributed by atoms with E-state index in [0.717, 1.165) is 0 Å². The molecule has 2 rings (SSSR count). The molecule has 0 unspecified atom stereocenters. The van der Waals surface area contributed by atoms with Crippen LogP contribution in [0.2, 0.25) is 0 Å². The van der Waals surface area contributed by atoms with Crippen molar-refractivity contribution in [2.45, 2.75) is 0 Å². The first-order valence-corrected chi connectivity index (χ1v) is 6.40. The van der Waals surface area contributed by atoms with Gasteiger partial charge in [0.1, 0.15) is 5.69 Å². The first-order valence-electron chi connectivity index (χ1n) is 5.61. The van der Waals surface area contributed by atoms with Gasteiger partial charge in [-0.25, -0.2) is 4.68 Å². The van der Waals surface area contributed by atoms with Crippen LogP contribution in [0.5, 0.6) is 0 Å². The predicted molar refractivity (Wildman–Crippen MR) is 75.9 cm³/mol. The Labute approximate surface area is 123 Å². The number of aromatic nitrogens is 2. The van der Waals surface area contributed by atoms with Crippen LogP contribution in [0.4, 0.5) is 5.69 Å². The minimum absolute atomic E-state index is 0.115. The lowest BCUT2D eigenvalue weighted by Gasteiger charge is -2.11. The van der Waals surface area contributed by atoms with Gasteiger partial charge in [-0.1, -0.05) is 0 Å². The van der Waals surface area contributed by atoms with Crippen LogP contribution < -0.4 is 0 Å².